The van der Waals surface area contributed by atoms with Crippen LogP contribution < -0.4 is 0 Å². The first kappa shape index (κ1) is 11.4. The van der Waals surface area contributed by atoms with Crippen LogP contribution in [-0.4, -0.2) is 18.6 Å². The Balaban J connectivity index is 1.98. The fourth-order valence-electron chi connectivity index (χ4n) is 1.88. The van der Waals surface area contributed by atoms with E-state index in [0.717, 1.165) is 30.5 Å². The number of benzene rings is 1. The third-order valence-electron chi connectivity index (χ3n) is 2.79. The molecule has 1 aliphatic heterocycles. The van der Waals surface area contributed by atoms with Crippen molar-refractivity contribution in [1.29, 1.82) is 0 Å². The van der Waals surface area contributed by atoms with Crippen molar-refractivity contribution in [1.82, 2.24) is 0 Å². The summed E-state index contributed by atoms with van der Waals surface area (Å²) >= 11 is 9.71. The molecule has 15 heavy (non-hydrogen) atoms. The number of alkyl halides is 1. The van der Waals surface area contributed by atoms with Crippen molar-refractivity contribution in [2.24, 2.45) is 5.92 Å². The van der Waals surface area contributed by atoms with Crippen molar-refractivity contribution in [3.8, 4) is 0 Å². The predicted octanol–water partition coefficient (Wildman–Crippen LogP) is 3.64. The average molecular weight is 290 g/mol. The molecule has 0 radical (unpaired) electrons. The van der Waals surface area contributed by atoms with E-state index in [4.69, 9.17) is 16.3 Å². The molecule has 1 nitrogen and oxygen atoms in total. The summed E-state index contributed by atoms with van der Waals surface area (Å²) in [5.41, 5.74) is 1.33. The summed E-state index contributed by atoms with van der Waals surface area (Å²) in [5, 5.41) is 0.266. The van der Waals surface area contributed by atoms with Crippen LogP contribution in [0.25, 0.3) is 0 Å². The zero-order chi connectivity index (χ0) is 10.7. The molecule has 1 saturated heterocycles. The minimum Gasteiger partial charge on any atom is -0.381 e. The van der Waals surface area contributed by atoms with E-state index in [1.54, 1.807) is 0 Å². The molecular weight excluding hydrogens is 275 g/mol. The molecule has 0 bridgehead atoms. The molecule has 0 aromatic heterocycles. The maximum absolute atomic E-state index is 6.27. The monoisotopic (exact) mass is 288 g/mol. The number of hydrogen-bond acceptors (Lipinski definition) is 1. The number of hydrogen-bond donors (Lipinski definition) is 0. The van der Waals surface area contributed by atoms with Crippen LogP contribution in [0.5, 0.6) is 0 Å². The quantitative estimate of drug-likeness (QED) is 0.755. The largest absolute Gasteiger partial charge is 0.381 e. The molecule has 1 aromatic carbocycles. The fourth-order valence-corrected chi connectivity index (χ4v) is 2.40. The summed E-state index contributed by atoms with van der Waals surface area (Å²) in [7, 11) is 0. The van der Waals surface area contributed by atoms with Crippen LogP contribution in [0.3, 0.4) is 0 Å². The number of ether oxygens (including phenoxy) is 1. The third-order valence-corrected chi connectivity index (χ3v) is 3.90. The van der Waals surface area contributed by atoms with E-state index < -0.39 is 0 Å². The van der Waals surface area contributed by atoms with Crippen LogP contribution in [0.2, 0.25) is 0 Å². The van der Waals surface area contributed by atoms with E-state index in [1.807, 2.05) is 0 Å². The lowest BCUT2D eigenvalue weighted by Crippen LogP contribution is -2.29. The Labute approximate surface area is 104 Å². The van der Waals surface area contributed by atoms with Gasteiger partial charge in [0.05, 0.1) is 6.61 Å². The molecule has 3 heteroatoms. The van der Waals surface area contributed by atoms with Crippen molar-refractivity contribution in [3.05, 3.63) is 34.3 Å². The lowest BCUT2D eigenvalue weighted by atomic mass is 9.94. The van der Waals surface area contributed by atoms with Crippen LogP contribution in [0, 0.1) is 5.92 Å². The lowest BCUT2D eigenvalue weighted by Gasteiger charge is -2.27. The molecule has 1 heterocycles. The Bertz CT molecular complexity index is 312. The highest BCUT2D eigenvalue weighted by Crippen LogP contribution is 2.24. The molecule has 0 aliphatic carbocycles. The molecule has 2 unspecified atom stereocenters. The van der Waals surface area contributed by atoms with Gasteiger partial charge in [-0.2, -0.15) is 0 Å². The maximum Gasteiger partial charge on any atom is 0.0511 e. The molecule has 0 saturated carbocycles. The maximum atomic E-state index is 6.27. The van der Waals surface area contributed by atoms with Gasteiger partial charge in [-0.3, -0.25) is 0 Å². The molecular formula is C12H14BrClO. The molecule has 0 amide bonds. The second-order valence-electron chi connectivity index (χ2n) is 3.97. The van der Waals surface area contributed by atoms with Gasteiger partial charge in [0, 0.05) is 22.4 Å². The lowest BCUT2D eigenvalue weighted by molar-refractivity contribution is 0.0578. The second kappa shape index (κ2) is 5.33. The SMILES string of the molecule is ClC1CCOCC1Cc1ccc(Br)cc1. The van der Waals surface area contributed by atoms with E-state index in [0.29, 0.717) is 5.92 Å². The van der Waals surface area contributed by atoms with E-state index in [-0.39, 0.29) is 5.38 Å². The Morgan fingerprint density at radius 3 is 2.73 bits per heavy atom. The molecule has 1 aromatic rings. The second-order valence-corrected chi connectivity index (χ2v) is 5.45. The van der Waals surface area contributed by atoms with Crippen LogP contribution in [-0.2, 0) is 11.2 Å². The van der Waals surface area contributed by atoms with Crippen molar-refractivity contribution in [2.75, 3.05) is 13.2 Å². The van der Waals surface area contributed by atoms with E-state index in [1.165, 1.54) is 5.56 Å². The third kappa shape index (κ3) is 3.20. The first-order valence-electron chi connectivity index (χ1n) is 5.22. The summed E-state index contributed by atoms with van der Waals surface area (Å²) in [4.78, 5) is 0. The van der Waals surface area contributed by atoms with Gasteiger partial charge in [0.2, 0.25) is 0 Å². The highest BCUT2D eigenvalue weighted by molar-refractivity contribution is 9.10. The van der Waals surface area contributed by atoms with Gasteiger partial charge in [0.25, 0.3) is 0 Å². The molecule has 2 atom stereocenters. The van der Waals surface area contributed by atoms with Gasteiger partial charge in [0.15, 0.2) is 0 Å². The Morgan fingerprint density at radius 2 is 2.07 bits per heavy atom. The minimum absolute atomic E-state index is 0.266. The van der Waals surface area contributed by atoms with Gasteiger partial charge >= 0.3 is 0 Å². The molecule has 82 valence electrons. The first-order valence-corrected chi connectivity index (χ1v) is 6.45. The van der Waals surface area contributed by atoms with Gasteiger partial charge in [-0.15, -0.1) is 11.6 Å². The normalized spacial score (nSPS) is 26.5. The van der Waals surface area contributed by atoms with Gasteiger partial charge < -0.3 is 4.74 Å². The summed E-state index contributed by atoms with van der Waals surface area (Å²) in [6.45, 7) is 1.61. The molecule has 0 N–H and O–H groups in total. The van der Waals surface area contributed by atoms with Crippen molar-refractivity contribution in [2.45, 2.75) is 18.2 Å². The Hall–Kier alpha value is -0.0500. The zero-order valence-corrected chi connectivity index (χ0v) is 10.8. The summed E-state index contributed by atoms with van der Waals surface area (Å²) in [6.07, 6.45) is 1.99. The standard InChI is InChI=1S/C12H14BrClO/c13-11-3-1-9(2-4-11)7-10-8-15-6-5-12(10)14/h1-4,10,12H,5-8H2. The van der Waals surface area contributed by atoms with Crippen molar-refractivity contribution in [3.63, 3.8) is 0 Å². The van der Waals surface area contributed by atoms with E-state index >= 15 is 0 Å². The minimum atomic E-state index is 0.266. The zero-order valence-electron chi connectivity index (χ0n) is 8.46. The molecule has 1 fully saturated rings. The number of halogens is 2. The highest BCUT2D eigenvalue weighted by atomic mass is 79.9. The topological polar surface area (TPSA) is 9.23 Å². The molecule has 2 rings (SSSR count). The van der Waals surface area contributed by atoms with Crippen LogP contribution in [0.1, 0.15) is 12.0 Å². The van der Waals surface area contributed by atoms with Gasteiger partial charge in [-0.25, -0.2) is 0 Å². The van der Waals surface area contributed by atoms with Crippen molar-refractivity contribution >= 4 is 27.5 Å². The number of rotatable bonds is 2. The van der Waals surface area contributed by atoms with Gasteiger partial charge in [0.1, 0.15) is 0 Å². The first-order chi connectivity index (χ1) is 7.25. The summed E-state index contributed by atoms with van der Waals surface area (Å²) in [5.74, 6) is 0.460. The van der Waals surface area contributed by atoms with Crippen molar-refractivity contribution < 1.29 is 4.74 Å². The van der Waals surface area contributed by atoms with Crippen LogP contribution in [0.4, 0.5) is 0 Å². The Kier molecular flexibility index (Phi) is 4.06. The van der Waals surface area contributed by atoms with E-state index in [9.17, 15) is 0 Å². The van der Waals surface area contributed by atoms with E-state index in [2.05, 4.69) is 40.2 Å². The highest BCUT2D eigenvalue weighted by Gasteiger charge is 2.23. The van der Waals surface area contributed by atoms with Gasteiger partial charge in [-0.05, 0) is 30.5 Å². The molecule has 1 aliphatic rings. The van der Waals surface area contributed by atoms with Crippen LogP contribution in [0.15, 0.2) is 28.7 Å². The average Bonchev–Trinajstić information content (AvgIpc) is 2.25. The summed E-state index contributed by atoms with van der Waals surface area (Å²) in [6, 6.07) is 8.43. The van der Waals surface area contributed by atoms with Gasteiger partial charge in [-0.1, -0.05) is 28.1 Å². The van der Waals surface area contributed by atoms with Crippen LogP contribution >= 0.6 is 27.5 Å². The molecule has 0 spiro atoms. The fraction of sp³-hybridized carbons (Fsp3) is 0.500. The predicted molar refractivity (Wildman–Crippen MR) is 66.4 cm³/mol. The Morgan fingerprint density at radius 1 is 1.33 bits per heavy atom. The summed E-state index contributed by atoms with van der Waals surface area (Å²) < 4.78 is 6.57. The smallest absolute Gasteiger partial charge is 0.0511 e.